The number of nitrogens with zero attached hydrogens (tertiary/aromatic N) is 1. The quantitative estimate of drug-likeness (QED) is 0.790. The van der Waals surface area contributed by atoms with Crippen LogP contribution in [0, 0.1) is 0 Å². The number of hydrogen-bond acceptors (Lipinski definition) is 4. The van der Waals surface area contributed by atoms with Gasteiger partial charge in [-0.1, -0.05) is 23.7 Å². The van der Waals surface area contributed by atoms with Gasteiger partial charge in [0.05, 0.1) is 19.3 Å². The molecule has 27 heavy (non-hydrogen) atoms. The van der Waals surface area contributed by atoms with Gasteiger partial charge in [0.15, 0.2) is 0 Å². The Hall–Kier alpha value is -2.08. The van der Waals surface area contributed by atoms with Crippen molar-refractivity contribution in [3.05, 3.63) is 59.1 Å². The van der Waals surface area contributed by atoms with Crippen LogP contribution in [0.5, 0.6) is 0 Å². The molecule has 144 valence electrons. The van der Waals surface area contributed by atoms with Crippen molar-refractivity contribution in [2.45, 2.75) is 25.9 Å². The molecule has 2 N–H and O–H groups in total. The number of anilines is 2. The first-order valence-electron chi connectivity index (χ1n) is 9.28. The summed E-state index contributed by atoms with van der Waals surface area (Å²) < 4.78 is 5.38. The highest BCUT2D eigenvalue weighted by molar-refractivity contribution is 6.30. The molecule has 1 fully saturated rings. The minimum atomic E-state index is -0.335. The molecule has 2 aromatic carbocycles. The van der Waals surface area contributed by atoms with Crippen LogP contribution in [0.3, 0.4) is 0 Å². The summed E-state index contributed by atoms with van der Waals surface area (Å²) in [6, 6.07) is 15.3. The zero-order chi connectivity index (χ0) is 19.2. The average molecular weight is 388 g/mol. The predicted octanol–water partition coefficient (Wildman–Crippen LogP) is 3.85. The number of nitrogens with one attached hydrogen (secondary N) is 2. The second-order valence-corrected chi connectivity index (χ2v) is 7.24. The lowest BCUT2D eigenvalue weighted by atomic mass is 10.1. The Morgan fingerprint density at radius 1 is 1.11 bits per heavy atom. The van der Waals surface area contributed by atoms with Gasteiger partial charge in [0.1, 0.15) is 0 Å². The van der Waals surface area contributed by atoms with Crippen molar-refractivity contribution in [2.24, 2.45) is 0 Å². The van der Waals surface area contributed by atoms with Crippen molar-refractivity contribution in [3.8, 4) is 0 Å². The van der Waals surface area contributed by atoms with Gasteiger partial charge >= 0.3 is 0 Å². The second-order valence-electron chi connectivity index (χ2n) is 6.80. The van der Waals surface area contributed by atoms with Crippen molar-refractivity contribution < 1.29 is 9.53 Å². The SMILES string of the molecule is C[C@H](N[C@H](C)C(=O)Nc1ccc(N2CCOCC2)cc1)c1cccc(Cl)c1. The van der Waals surface area contributed by atoms with Gasteiger partial charge in [-0.2, -0.15) is 0 Å². The molecule has 3 rings (SSSR count). The summed E-state index contributed by atoms with van der Waals surface area (Å²) in [5, 5.41) is 6.98. The third-order valence-corrected chi connectivity index (χ3v) is 4.99. The number of halogens is 1. The van der Waals surface area contributed by atoms with Gasteiger partial charge in [0.2, 0.25) is 5.91 Å². The number of benzene rings is 2. The maximum atomic E-state index is 12.5. The monoisotopic (exact) mass is 387 g/mol. The summed E-state index contributed by atoms with van der Waals surface area (Å²) in [5.41, 5.74) is 3.00. The molecule has 2 aromatic rings. The van der Waals surface area contributed by atoms with E-state index in [-0.39, 0.29) is 18.0 Å². The Balaban J connectivity index is 1.54. The highest BCUT2D eigenvalue weighted by Gasteiger charge is 2.17. The molecule has 1 aliphatic rings. The van der Waals surface area contributed by atoms with Gasteiger partial charge in [-0.25, -0.2) is 0 Å². The van der Waals surface area contributed by atoms with Crippen LogP contribution in [0.2, 0.25) is 5.02 Å². The lowest BCUT2D eigenvalue weighted by molar-refractivity contribution is -0.117. The van der Waals surface area contributed by atoms with E-state index < -0.39 is 0 Å². The molecule has 5 nitrogen and oxygen atoms in total. The second kappa shape index (κ2) is 9.22. The van der Waals surface area contributed by atoms with Crippen molar-refractivity contribution in [3.63, 3.8) is 0 Å². The fraction of sp³-hybridized carbons (Fsp3) is 0.381. The number of rotatable bonds is 6. The zero-order valence-corrected chi connectivity index (χ0v) is 16.5. The van der Waals surface area contributed by atoms with E-state index in [1.54, 1.807) is 0 Å². The van der Waals surface area contributed by atoms with E-state index in [1.165, 1.54) is 0 Å². The van der Waals surface area contributed by atoms with E-state index >= 15 is 0 Å². The molecule has 6 heteroatoms. The maximum Gasteiger partial charge on any atom is 0.241 e. The number of carbonyl (C=O) groups excluding carboxylic acids is 1. The fourth-order valence-electron chi connectivity index (χ4n) is 3.15. The van der Waals surface area contributed by atoms with Gasteiger partial charge in [0.25, 0.3) is 0 Å². The molecule has 1 saturated heterocycles. The van der Waals surface area contributed by atoms with Crippen LogP contribution in [0.1, 0.15) is 25.5 Å². The molecule has 2 atom stereocenters. The first-order valence-corrected chi connectivity index (χ1v) is 9.66. The van der Waals surface area contributed by atoms with Crippen molar-refractivity contribution in [2.75, 3.05) is 36.5 Å². The maximum absolute atomic E-state index is 12.5. The topological polar surface area (TPSA) is 53.6 Å². The van der Waals surface area contributed by atoms with E-state index in [2.05, 4.69) is 15.5 Å². The first-order chi connectivity index (χ1) is 13.0. The van der Waals surface area contributed by atoms with Crippen LogP contribution in [-0.4, -0.2) is 38.3 Å². The van der Waals surface area contributed by atoms with Gasteiger partial charge in [0, 0.05) is 35.5 Å². The third-order valence-electron chi connectivity index (χ3n) is 4.75. The summed E-state index contributed by atoms with van der Waals surface area (Å²) in [4.78, 5) is 14.8. The zero-order valence-electron chi connectivity index (χ0n) is 15.7. The molecule has 1 aliphatic heterocycles. The molecule has 1 amide bonds. The summed E-state index contributed by atoms with van der Waals surface area (Å²) in [6.45, 7) is 7.19. The van der Waals surface area contributed by atoms with Crippen LogP contribution in [0.4, 0.5) is 11.4 Å². The summed E-state index contributed by atoms with van der Waals surface area (Å²) in [6.07, 6.45) is 0. The number of morpholine rings is 1. The van der Waals surface area contributed by atoms with Gasteiger partial charge in [-0.3, -0.25) is 10.1 Å². The van der Waals surface area contributed by atoms with Gasteiger partial charge in [-0.05, 0) is 55.8 Å². The van der Waals surface area contributed by atoms with Crippen molar-refractivity contribution in [1.29, 1.82) is 0 Å². The van der Waals surface area contributed by atoms with Gasteiger partial charge in [-0.15, -0.1) is 0 Å². The average Bonchev–Trinajstić information content (AvgIpc) is 2.69. The Labute approximate surface area is 165 Å². The summed E-state index contributed by atoms with van der Waals surface area (Å²) in [5.74, 6) is -0.0667. The van der Waals surface area contributed by atoms with E-state index in [0.29, 0.717) is 5.02 Å². The van der Waals surface area contributed by atoms with Crippen molar-refractivity contribution >= 4 is 28.9 Å². The molecule has 0 radical (unpaired) electrons. The van der Waals surface area contributed by atoms with E-state index in [4.69, 9.17) is 16.3 Å². The molecule has 0 bridgehead atoms. The molecule has 0 unspecified atom stereocenters. The molecule has 0 spiro atoms. The largest absolute Gasteiger partial charge is 0.378 e. The number of amides is 1. The highest BCUT2D eigenvalue weighted by Crippen LogP contribution is 2.20. The Morgan fingerprint density at radius 2 is 1.81 bits per heavy atom. The smallest absolute Gasteiger partial charge is 0.241 e. The number of hydrogen-bond donors (Lipinski definition) is 2. The molecule has 0 aliphatic carbocycles. The van der Waals surface area contributed by atoms with E-state index in [1.807, 2.05) is 62.4 Å². The molecule has 0 saturated carbocycles. The minimum absolute atomic E-state index is 0.0214. The Morgan fingerprint density at radius 3 is 2.48 bits per heavy atom. The molecule has 1 heterocycles. The van der Waals surface area contributed by atoms with Crippen LogP contribution < -0.4 is 15.5 Å². The van der Waals surface area contributed by atoms with Gasteiger partial charge < -0.3 is 15.0 Å². The lowest BCUT2D eigenvalue weighted by Crippen LogP contribution is -2.39. The van der Waals surface area contributed by atoms with Crippen LogP contribution >= 0.6 is 11.6 Å². The molecular formula is C21H26ClN3O2. The number of carbonyl (C=O) groups is 1. The normalized spacial score (nSPS) is 16.6. The summed E-state index contributed by atoms with van der Waals surface area (Å²) >= 11 is 6.05. The lowest BCUT2D eigenvalue weighted by Gasteiger charge is -2.29. The predicted molar refractivity (Wildman–Crippen MR) is 111 cm³/mol. The highest BCUT2D eigenvalue weighted by atomic mass is 35.5. The van der Waals surface area contributed by atoms with Crippen LogP contribution in [0.15, 0.2) is 48.5 Å². The standard InChI is InChI=1S/C21H26ClN3O2/c1-15(17-4-3-5-18(22)14-17)23-16(2)21(26)24-19-6-8-20(9-7-19)25-10-12-27-13-11-25/h3-9,14-16,23H,10-13H2,1-2H3,(H,24,26)/t15-,16+/m0/s1. The first kappa shape index (κ1) is 19.7. The Kier molecular flexibility index (Phi) is 6.72. The summed E-state index contributed by atoms with van der Waals surface area (Å²) in [7, 11) is 0. The van der Waals surface area contributed by atoms with Crippen molar-refractivity contribution in [1.82, 2.24) is 5.32 Å². The molecule has 0 aromatic heterocycles. The Bertz CT molecular complexity index is 760. The number of ether oxygens (including phenoxy) is 1. The molecular weight excluding hydrogens is 362 g/mol. The van der Waals surface area contributed by atoms with Crippen LogP contribution in [0.25, 0.3) is 0 Å². The fourth-order valence-corrected chi connectivity index (χ4v) is 3.35. The van der Waals surface area contributed by atoms with E-state index in [0.717, 1.165) is 43.2 Å². The van der Waals surface area contributed by atoms with Crippen LogP contribution in [-0.2, 0) is 9.53 Å². The third kappa shape index (κ3) is 5.45. The van der Waals surface area contributed by atoms with E-state index in [9.17, 15) is 4.79 Å². The minimum Gasteiger partial charge on any atom is -0.378 e.